The lowest BCUT2D eigenvalue weighted by atomic mass is 9.92. The van der Waals surface area contributed by atoms with Gasteiger partial charge in [-0.05, 0) is 42.9 Å². The van der Waals surface area contributed by atoms with E-state index < -0.39 is 29.5 Å². The van der Waals surface area contributed by atoms with E-state index in [0.717, 1.165) is 25.0 Å². The summed E-state index contributed by atoms with van der Waals surface area (Å²) in [4.78, 5) is 25.2. The highest BCUT2D eigenvalue weighted by Gasteiger charge is 2.47. The van der Waals surface area contributed by atoms with Crippen molar-refractivity contribution in [1.82, 2.24) is 4.90 Å². The molecule has 1 saturated carbocycles. The maximum absolute atomic E-state index is 12.9. The van der Waals surface area contributed by atoms with E-state index in [-0.39, 0.29) is 35.5 Å². The number of aliphatic carboxylic acids is 1. The van der Waals surface area contributed by atoms with Gasteiger partial charge in [-0.25, -0.2) is 0 Å². The largest absolute Gasteiger partial charge is 0.481 e. The Labute approximate surface area is 141 Å². The summed E-state index contributed by atoms with van der Waals surface area (Å²) in [5.41, 5.74) is -1.17. The summed E-state index contributed by atoms with van der Waals surface area (Å²) in [6.45, 7) is 0.275. The summed E-state index contributed by atoms with van der Waals surface area (Å²) in [7, 11) is 0. The normalized spacial score (nSPS) is 24.2. The number of carboxylic acid groups (broad SMARTS) is 1. The smallest absolute Gasteiger partial charge is 0.416 e. The molecule has 0 radical (unpaired) electrons. The Morgan fingerprint density at radius 3 is 2.38 bits per heavy atom. The van der Waals surface area contributed by atoms with E-state index in [2.05, 4.69) is 0 Å². The third-order valence-electron chi connectivity index (χ3n) is 4.67. The monoisotopic (exact) mass is 361 g/mol. The lowest BCUT2D eigenvalue weighted by molar-refractivity contribution is -0.142. The van der Waals surface area contributed by atoms with Crippen molar-refractivity contribution in [3.05, 3.63) is 34.3 Å². The maximum atomic E-state index is 12.9. The van der Waals surface area contributed by atoms with Gasteiger partial charge in [-0.15, -0.1) is 0 Å². The molecule has 2 aliphatic rings. The molecule has 1 aromatic carbocycles. The van der Waals surface area contributed by atoms with Crippen LogP contribution in [0.25, 0.3) is 0 Å². The van der Waals surface area contributed by atoms with Gasteiger partial charge in [0.15, 0.2) is 0 Å². The summed E-state index contributed by atoms with van der Waals surface area (Å²) >= 11 is 5.71. The van der Waals surface area contributed by atoms with Crippen molar-refractivity contribution in [2.45, 2.75) is 19.0 Å². The van der Waals surface area contributed by atoms with Crippen molar-refractivity contribution >= 4 is 23.5 Å². The highest BCUT2D eigenvalue weighted by molar-refractivity contribution is 6.31. The molecule has 1 aromatic rings. The van der Waals surface area contributed by atoms with Gasteiger partial charge in [0.2, 0.25) is 0 Å². The van der Waals surface area contributed by atoms with Gasteiger partial charge < -0.3 is 10.0 Å². The predicted molar refractivity (Wildman–Crippen MR) is 79.7 cm³/mol. The second-order valence-electron chi connectivity index (χ2n) is 6.38. The average Bonchev–Trinajstić information content (AvgIpc) is 3.23. The zero-order chi connectivity index (χ0) is 17.6. The van der Waals surface area contributed by atoms with Crippen LogP contribution in [0.4, 0.5) is 13.2 Å². The van der Waals surface area contributed by atoms with Gasteiger partial charge in [-0.3, -0.25) is 9.59 Å². The number of likely N-dealkylation sites (tertiary alicyclic amines) is 1. The zero-order valence-corrected chi connectivity index (χ0v) is 13.3. The molecule has 2 atom stereocenters. The van der Waals surface area contributed by atoms with Crippen LogP contribution in [0.15, 0.2) is 18.2 Å². The quantitative estimate of drug-likeness (QED) is 0.895. The molecule has 1 saturated heterocycles. The van der Waals surface area contributed by atoms with Crippen LogP contribution < -0.4 is 0 Å². The van der Waals surface area contributed by atoms with Gasteiger partial charge >= 0.3 is 12.1 Å². The van der Waals surface area contributed by atoms with Crippen molar-refractivity contribution in [3.8, 4) is 0 Å². The summed E-state index contributed by atoms with van der Waals surface area (Å²) < 4.78 is 38.6. The van der Waals surface area contributed by atoms with Gasteiger partial charge in [0.1, 0.15) is 0 Å². The number of rotatable bonds is 3. The van der Waals surface area contributed by atoms with Crippen LogP contribution in [0.5, 0.6) is 0 Å². The number of carboxylic acids is 1. The minimum absolute atomic E-state index is 0.0171. The Morgan fingerprint density at radius 2 is 1.83 bits per heavy atom. The molecule has 0 spiro atoms. The fourth-order valence-corrected chi connectivity index (χ4v) is 3.55. The topological polar surface area (TPSA) is 57.6 Å². The van der Waals surface area contributed by atoms with Gasteiger partial charge in [-0.2, -0.15) is 13.2 Å². The molecule has 1 aliphatic heterocycles. The molecule has 1 aliphatic carbocycles. The Kier molecular flexibility index (Phi) is 4.23. The first-order valence-electron chi connectivity index (χ1n) is 7.56. The third-order valence-corrected chi connectivity index (χ3v) is 4.89. The van der Waals surface area contributed by atoms with E-state index in [1.165, 1.54) is 11.0 Å². The number of halogens is 4. The Morgan fingerprint density at radius 1 is 1.17 bits per heavy atom. The molecule has 1 N–H and O–H groups in total. The van der Waals surface area contributed by atoms with Crippen molar-refractivity contribution in [2.75, 3.05) is 13.1 Å². The molecule has 1 amide bonds. The molecule has 0 aromatic heterocycles. The van der Waals surface area contributed by atoms with E-state index in [4.69, 9.17) is 11.6 Å². The molecular weight excluding hydrogens is 347 g/mol. The summed E-state index contributed by atoms with van der Waals surface area (Å²) in [5.74, 6) is -2.09. The first kappa shape index (κ1) is 17.1. The van der Waals surface area contributed by atoms with Crippen LogP contribution in [-0.2, 0) is 11.0 Å². The molecule has 3 rings (SSSR count). The van der Waals surface area contributed by atoms with Crippen LogP contribution >= 0.6 is 11.6 Å². The number of nitrogens with zero attached hydrogens (tertiary/aromatic N) is 1. The second-order valence-corrected chi connectivity index (χ2v) is 6.82. The highest BCUT2D eigenvalue weighted by atomic mass is 35.5. The summed E-state index contributed by atoms with van der Waals surface area (Å²) in [5, 5.41) is 9.14. The fraction of sp³-hybridized carbons (Fsp3) is 0.500. The molecule has 2 fully saturated rings. The molecule has 130 valence electrons. The first-order valence-corrected chi connectivity index (χ1v) is 7.94. The number of carbonyl (C=O) groups is 2. The van der Waals surface area contributed by atoms with Gasteiger partial charge in [0.05, 0.1) is 11.5 Å². The van der Waals surface area contributed by atoms with Crippen molar-refractivity contribution in [2.24, 2.45) is 17.8 Å². The van der Waals surface area contributed by atoms with Gasteiger partial charge in [-0.1, -0.05) is 11.6 Å². The van der Waals surface area contributed by atoms with Gasteiger partial charge in [0, 0.05) is 23.7 Å². The average molecular weight is 362 g/mol. The number of benzene rings is 1. The van der Waals surface area contributed by atoms with E-state index in [1.807, 2.05) is 0 Å². The highest BCUT2D eigenvalue weighted by Crippen LogP contribution is 2.44. The van der Waals surface area contributed by atoms with Gasteiger partial charge in [0.25, 0.3) is 5.91 Å². The van der Waals surface area contributed by atoms with E-state index in [1.54, 1.807) is 0 Å². The SMILES string of the molecule is O=C(O)[C@H]1CN(C(=O)c2cc(Cl)cc(C(F)(F)F)c2)C[C@@H]1C1CC1. The molecule has 4 nitrogen and oxygen atoms in total. The van der Waals surface area contributed by atoms with Crippen LogP contribution in [-0.4, -0.2) is 35.0 Å². The Bertz CT molecular complexity index is 688. The number of alkyl halides is 3. The molecule has 0 bridgehead atoms. The first-order chi connectivity index (χ1) is 11.2. The lowest BCUT2D eigenvalue weighted by Gasteiger charge is -2.17. The molecule has 1 heterocycles. The van der Waals surface area contributed by atoms with Crippen LogP contribution in [0.3, 0.4) is 0 Å². The van der Waals surface area contributed by atoms with Crippen molar-refractivity contribution in [1.29, 1.82) is 0 Å². The number of carbonyl (C=O) groups excluding carboxylic acids is 1. The molecular formula is C16H15ClF3NO3. The number of hydrogen-bond donors (Lipinski definition) is 1. The third kappa shape index (κ3) is 3.36. The molecule has 8 heteroatoms. The van der Waals surface area contributed by atoms with Crippen LogP contribution in [0, 0.1) is 17.8 Å². The predicted octanol–water partition coefficient (Wildman–Crippen LogP) is 3.54. The molecule has 24 heavy (non-hydrogen) atoms. The molecule has 0 unspecified atom stereocenters. The van der Waals surface area contributed by atoms with E-state index >= 15 is 0 Å². The van der Waals surface area contributed by atoms with Crippen molar-refractivity contribution < 1.29 is 27.9 Å². The Balaban J connectivity index is 1.84. The Hall–Kier alpha value is -1.76. The number of amides is 1. The standard InChI is InChI=1S/C16H15ClF3NO3/c17-11-4-9(3-10(5-11)16(18,19)20)14(22)21-6-12(8-1-2-8)13(7-21)15(23)24/h3-5,8,12-13H,1-2,6-7H2,(H,23,24)/t12-,13+/m1/s1. The zero-order valence-electron chi connectivity index (χ0n) is 12.5. The number of hydrogen-bond acceptors (Lipinski definition) is 2. The van der Waals surface area contributed by atoms with Crippen molar-refractivity contribution in [3.63, 3.8) is 0 Å². The van der Waals surface area contributed by atoms with Crippen LogP contribution in [0.1, 0.15) is 28.8 Å². The second kappa shape index (κ2) is 5.95. The van der Waals surface area contributed by atoms with Crippen LogP contribution in [0.2, 0.25) is 5.02 Å². The van der Waals surface area contributed by atoms with E-state index in [9.17, 15) is 27.9 Å². The van der Waals surface area contributed by atoms with E-state index in [0.29, 0.717) is 0 Å². The minimum Gasteiger partial charge on any atom is -0.481 e. The summed E-state index contributed by atoms with van der Waals surface area (Å²) in [6, 6.07) is 2.70. The lowest BCUT2D eigenvalue weighted by Crippen LogP contribution is -2.30. The minimum atomic E-state index is -4.61. The maximum Gasteiger partial charge on any atom is 0.416 e. The fourth-order valence-electron chi connectivity index (χ4n) is 3.32. The summed E-state index contributed by atoms with van der Waals surface area (Å²) in [6.07, 6.45) is -2.73.